The monoisotopic (exact) mass is 172 g/mol. The van der Waals surface area contributed by atoms with Gasteiger partial charge in [-0.2, -0.15) is 0 Å². The van der Waals surface area contributed by atoms with E-state index in [2.05, 4.69) is 6.92 Å². The average molecular weight is 172 g/mol. The smallest absolute Gasteiger partial charge is 0.132 e. The Kier molecular flexibility index (Phi) is 8.46. The highest BCUT2D eigenvalue weighted by Gasteiger charge is 1.99. The van der Waals surface area contributed by atoms with Crippen molar-refractivity contribution >= 4 is 5.78 Å². The van der Waals surface area contributed by atoms with Crippen molar-refractivity contribution in [3.8, 4) is 0 Å². The van der Waals surface area contributed by atoms with E-state index >= 15 is 0 Å². The number of hydrogen-bond acceptors (Lipinski definition) is 2. The number of Topliss-reactive ketones (excluding diaryl/α,β-unsaturated/α-hetero) is 1. The molecule has 0 radical (unpaired) electrons. The van der Waals surface area contributed by atoms with Crippen molar-refractivity contribution in [2.75, 3.05) is 13.7 Å². The second-order valence-corrected chi connectivity index (χ2v) is 3.09. The van der Waals surface area contributed by atoms with Crippen LogP contribution in [-0.4, -0.2) is 19.5 Å². The first-order chi connectivity index (χ1) is 5.81. The van der Waals surface area contributed by atoms with E-state index in [1.165, 1.54) is 0 Å². The molecule has 0 bridgehead atoms. The average Bonchev–Trinajstić information content (AvgIpc) is 2.09. The van der Waals surface area contributed by atoms with Crippen LogP contribution in [0.2, 0.25) is 0 Å². The Balaban J connectivity index is 3.08. The highest BCUT2D eigenvalue weighted by atomic mass is 16.5. The third-order valence-corrected chi connectivity index (χ3v) is 1.86. The molecule has 2 heteroatoms. The molecule has 0 aromatic heterocycles. The van der Waals surface area contributed by atoms with Crippen LogP contribution < -0.4 is 0 Å². The molecule has 0 heterocycles. The molecule has 0 atom stereocenters. The van der Waals surface area contributed by atoms with Gasteiger partial charge in [-0.25, -0.2) is 0 Å². The van der Waals surface area contributed by atoms with Crippen LogP contribution in [0.5, 0.6) is 0 Å². The number of hydrogen-bond donors (Lipinski definition) is 0. The molecular formula is C10H20O2. The van der Waals surface area contributed by atoms with E-state index in [1.54, 1.807) is 7.11 Å². The van der Waals surface area contributed by atoms with Gasteiger partial charge < -0.3 is 4.74 Å². The van der Waals surface area contributed by atoms with Crippen molar-refractivity contribution in [3.05, 3.63) is 0 Å². The second-order valence-electron chi connectivity index (χ2n) is 3.09. The maximum absolute atomic E-state index is 11.1. The molecule has 0 aromatic rings. The minimum atomic E-state index is 0.410. The third kappa shape index (κ3) is 7.73. The van der Waals surface area contributed by atoms with Crippen molar-refractivity contribution in [3.63, 3.8) is 0 Å². The summed E-state index contributed by atoms with van der Waals surface area (Å²) in [6.45, 7) is 2.89. The zero-order valence-corrected chi connectivity index (χ0v) is 8.27. The lowest BCUT2D eigenvalue weighted by molar-refractivity contribution is -0.119. The van der Waals surface area contributed by atoms with Crippen LogP contribution in [0.25, 0.3) is 0 Å². The topological polar surface area (TPSA) is 26.3 Å². The summed E-state index contributed by atoms with van der Waals surface area (Å²) in [5, 5.41) is 0. The first-order valence-electron chi connectivity index (χ1n) is 4.82. The van der Waals surface area contributed by atoms with Gasteiger partial charge in [0.05, 0.1) is 0 Å². The maximum Gasteiger partial charge on any atom is 0.132 e. The Morgan fingerprint density at radius 2 is 1.83 bits per heavy atom. The minimum Gasteiger partial charge on any atom is -0.385 e. The summed E-state index contributed by atoms with van der Waals surface area (Å²) in [5.74, 6) is 0.410. The predicted molar refractivity (Wildman–Crippen MR) is 50.3 cm³/mol. The zero-order chi connectivity index (χ0) is 9.23. The molecule has 0 saturated carbocycles. The van der Waals surface area contributed by atoms with Crippen LogP contribution in [0.1, 0.15) is 45.4 Å². The quantitative estimate of drug-likeness (QED) is 0.526. The van der Waals surface area contributed by atoms with Gasteiger partial charge in [-0.15, -0.1) is 0 Å². The summed E-state index contributed by atoms with van der Waals surface area (Å²) in [6, 6.07) is 0. The number of methoxy groups -OCH3 is 1. The molecule has 12 heavy (non-hydrogen) atoms. The normalized spacial score (nSPS) is 10.2. The zero-order valence-electron chi connectivity index (χ0n) is 8.27. The molecule has 2 nitrogen and oxygen atoms in total. The Bertz CT molecular complexity index is 110. The van der Waals surface area contributed by atoms with E-state index in [0.717, 1.165) is 45.1 Å². The van der Waals surface area contributed by atoms with Crippen molar-refractivity contribution < 1.29 is 9.53 Å². The van der Waals surface area contributed by atoms with Crippen LogP contribution >= 0.6 is 0 Å². The minimum absolute atomic E-state index is 0.410. The van der Waals surface area contributed by atoms with E-state index in [9.17, 15) is 4.79 Å². The molecule has 0 fully saturated rings. The lowest BCUT2D eigenvalue weighted by Crippen LogP contribution is -1.98. The van der Waals surface area contributed by atoms with Crippen LogP contribution in [0.15, 0.2) is 0 Å². The number of rotatable bonds is 8. The largest absolute Gasteiger partial charge is 0.385 e. The molecule has 72 valence electrons. The molecular weight excluding hydrogens is 152 g/mol. The fraction of sp³-hybridized carbons (Fsp3) is 0.900. The molecule has 0 amide bonds. The summed E-state index contributed by atoms with van der Waals surface area (Å²) >= 11 is 0. The number of carbonyl (C=O) groups is 1. The first-order valence-corrected chi connectivity index (χ1v) is 4.82. The number of unbranched alkanes of at least 4 members (excludes halogenated alkanes) is 2. The van der Waals surface area contributed by atoms with Gasteiger partial charge in [0.2, 0.25) is 0 Å². The Hall–Kier alpha value is -0.370. The number of carbonyl (C=O) groups excluding carboxylic acids is 1. The van der Waals surface area contributed by atoms with Crippen molar-refractivity contribution in [2.45, 2.75) is 45.4 Å². The fourth-order valence-corrected chi connectivity index (χ4v) is 1.07. The third-order valence-electron chi connectivity index (χ3n) is 1.86. The number of ether oxygens (including phenoxy) is 1. The van der Waals surface area contributed by atoms with Crippen LogP contribution in [-0.2, 0) is 9.53 Å². The van der Waals surface area contributed by atoms with Gasteiger partial charge in [0, 0.05) is 26.6 Å². The Labute approximate surface area is 75.3 Å². The number of ketones is 1. The lowest BCUT2D eigenvalue weighted by Gasteiger charge is -1.99. The van der Waals surface area contributed by atoms with E-state index in [0.29, 0.717) is 5.78 Å². The fourth-order valence-electron chi connectivity index (χ4n) is 1.07. The first kappa shape index (κ1) is 11.6. The van der Waals surface area contributed by atoms with E-state index < -0.39 is 0 Å². The molecule has 0 spiro atoms. The van der Waals surface area contributed by atoms with Crippen molar-refractivity contribution in [1.82, 2.24) is 0 Å². The molecule has 0 aliphatic heterocycles. The highest BCUT2D eigenvalue weighted by molar-refractivity contribution is 5.78. The van der Waals surface area contributed by atoms with Gasteiger partial charge in [0.1, 0.15) is 5.78 Å². The van der Waals surface area contributed by atoms with Crippen LogP contribution in [0.4, 0.5) is 0 Å². The van der Waals surface area contributed by atoms with Gasteiger partial charge in [-0.3, -0.25) is 4.79 Å². The Morgan fingerprint density at radius 1 is 1.17 bits per heavy atom. The van der Waals surface area contributed by atoms with Crippen molar-refractivity contribution in [2.24, 2.45) is 0 Å². The molecule has 0 aliphatic carbocycles. The van der Waals surface area contributed by atoms with E-state index in [-0.39, 0.29) is 0 Å². The van der Waals surface area contributed by atoms with Gasteiger partial charge in [-0.05, 0) is 19.3 Å². The summed E-state index contributed by atoms with van der Waals surface area (Å²) < 4.78 is 4.89. The summed E-state index contributed by atoms with van der Waals surface area (Å²) in [7, 11) is 1.69. The standard InChI is InChI=1S/C10H20O2/c1-3-4-7-10(11)8-5-6-9-12-2/h3-9H2,1-2H3. The van der Waals surface area contributed by atoms with Gasteiger partial charge >= 0.3 is 0 Å². The van der Waals surface area contributed by atoms with Crippen LogP contribution in [0.3, 0.4) is 0 Å². The maximum atomic E-state index is 11.1. The lowest BCUT2D eigenvalue weighted by atomic mass is 10.1. The molecule has 0 aliphatic rings. The van der Waals surface area contributed by atoms with Crippen molar-refractivity contribution in [1.29, 1.82) is 0 Å². The van der Waals surface area contributed by atoms with Gasteiger partial charge in [0.25, 0.3) is 0 Å². The second kappa shape index (κ2) is 8.72. The van der Waals surface area contributed by atoms with E-state index in [1.807, 2.05) is 0 Å². The van der Waals surface area contributed by atoms with Gasteiger partial charge in [0.15, 0.2) is 0 Å². The predicted octanol–water partition coefficient (Wildman–Crippen LogP) is 2.56. The summed E-state index contributed by atoms with van der Waals surface area (Å²) in [6.07, 6.45) is 5.66. The highest BCUT2D eigenvalue weighted by Crippen LogP contribution is 2.03. The Morgan fingerprint density at radius 3 is 2.42 bits per heavy atom. The van der Waals surface area contributed by atoms with Gasteiger partial charge in [-0.1, -0.05) is 13.3 Å². The molecule has 0 saturated heterocycles. The molecule has 0 rings (SSSR count). The van der Waals surface area contributed by atoms with Crippen LogP contribution in [0, 0.1) is 0 Å². The summed E-state index contributed by atoms with van der Waals surface area (Å²) in [5.41, 5.74) is 0. The summed E-state index contributed by atoms with van der Waals surface area (Å²) in [4.78, 5) is 11.1. The molecule has 0 N–H and O–H groups in total. The molecule has 0 aromatic carbocycles. The van der Waals surface area contributed by atoms with E-state index in [4.69, 9.17) is 4.74 Å². The molecule has 0 unspecified atom stereocenters. The SMILES string of the molecule is CCCCC(=O)CCCCOC.